The fraction of sp³-hybridized carbons (Fsp3) is 0.933. The lowest BCUT2D eigenvalue weighted by atomic mass is 9.78. The minimum Gasteiger partial charge on any atom is -0.468 e. The molecule has 2 aliphatic rings. The number of hydrogen-bond donors (Lipinski definition) is 1. The minimum absolute atomic E-state index is 0.0989. The van der Waals surface area contributed by atoms with Crippen LogP contribution in [0, 0.1) is 5.41 Å². The van der Waals surface area contributed by atoms with Crippen molar-refractivity contribution in [1.29, 1.82) is 0 Å². The first-order valence-corrected chi connectivity index (χ1v) is 7.44. The normalized spacial score (nSPS) is 35.3. The second kappa shape index (κ2) is 5.41. The Morgan fingerprint density at radius 2 is 2.11 bits per heavy atom. The second-order valence-corrected chi connectivity index (χ2v) is 6.96. The van der Waals surface area contributed by atoms with Gasteiger partial charge >= 0.3 is 5.97 Å². The van der Waals surface area contributed by atoms with Crippen LogP contribution in [-0.4, -0.2) is 49.7 Å². The highest BCUT2D eigenvalue weighted by Gasteiger charge is 2.45. The third-order valence-electron chi connectivity index (χ3n) is 5.00. The van der Waals surface area contributed by atoms with E-state index in [-0.39, 0.29) is 5.97 Å². The van der Waals surface area contributed by atoms with Crippen LogP contribution in [0.4, 0.5) is 0 Å². The molecule has 0 radical (unpaired) electrons. The maximum atomic E-state index is 12.1. The summed E-state index contributed by atoms with van der Waals surface area (Å²) in [5.74, 6) is -0.0989. The van der Waals surface area contributed by atoms with E-state index in [1.54, 1.807) is 0 Å². The van der Waals surface area contributed by atoms with Gasteiger partial charge in [-0.05, 0) is 51.1 Å². The predicted octanol–water partition coefficient (Wildman–Crippen LogP) is 1.79. The molecule has 1 aliphatic carbocycles. The SMILES string of the molecule is CNC1(C(=O)OC)CCCC(N2CCC(C)(C)C2)C1. The van der Waals surface area contributed by atoms with Crippen molar-refractivity contribution in [2.75, 3.05) is 27.2 Å². The van der Waals surface area contributed by atoms with Gasteiger partial charge in [0.1, 0.15) is 5.54 Å². The Bertz CT molecular complexity index is 343. The van der Waals surface area contributed by atoms with Crippen molar-refractivity contribution in [2.45, 2.75) is 57.5 Å². The fourth-order valence-electron chi connectivity index (χ4n) is 3.73. The second-order valence-electron chi connectivity index (χ2n) is 6.96. The molecule has 2 atom stereocenters. The van der Waals surface area contributed by atoms with Crippen LogP contribution in [0.15, 0.2) is 0 Å². The first kappa shape index (κ1) is 14.8. The van der Waals surface area contributed by atoms with Gasteiger partial charge in [-0.2, -0.15) is 0 Å². The molecular weight excluding hydrogens is 240 g/mol. The highest BCUT2D eigenvalue weighted by atomic mass is 16.5. The van der Waals surface area contributed by atoms with Gasteiger partial charge in [-0.25, -0.2) is 0 Å². The number of carbonyl (C=O) groups is 1. The van der Waals surface area contributed by atoms with Crippen molar-refractivity contribution in [2.24, 2.45) is 5.41 Å². The lowest BCUT2D eigenvalue weighted by Crippen LogP contribution is -2.57. The molecule has 2 unspecified atom stereocenters. The molecule has 1 N–H and O–H groups in total. The van der Waals surface area contributed by atoms with Gasteiger partial charge in [0.15, 0.2) is 0 Å². The number of nitrogens with one attached hydrogen (secondary N) is 1. The number of likely N-dealkylation sites (tertiary alicyclic amines) is 1. The highest BCUT2D eigenvalue weighted by molar-refractivity contribution is 5.81. The van der Waals surface area contributed by atoms with Gasteiger partial charge in [0.25, 0.3) is 0 Å². The van der Waals surface area contributed by atoms with Crippen molar-refractivity contribution in [3.63, 3.8) is 0 Å². The van der Waals surface area contributed by atoms with Crippen molar-refractivity contribution in [3.05, 3.63) is 0 Å². The summed E-state index contributed by atoms with van der Waals surface area (Å²) in [5, 5.41) is 3.24. The zero-order valence-electron chi connectivity index (χ0n) is 12.8. The van der Waals surface area contributed by atoms with E-state index in [2.05, 4.69) is 24.1 Å². The monoisotopic (exact) mass is 268 g/mol. The molecule has 4 heteroatoms. The highest BCUT2D eigenvalue weighted by Crippen LogP contribution is 2.37. The maximum absolute atomic E-state index is 12.1. The fourth-order valence-corrected chi connectivity index (χ4v) is 3.73. The van der Waals surface area contributed by atoms with Gasteiger partial charge in [-0.3, -0.25) is 9.69 Å². The van der Waals surface area contributed by atoms with Crippen LogP contribution in [-0.2, 0) is 9.53 Å². The van der Waals surface area contributed by atoms with E-state index in [4.69, 9.17) is 4.74 Å². The molecule has 110 valence electrons. The van der Waals surface area contributed by atoms with Gasteiger partial charge in [-0.15, -0.1) is 0 Å². The van der Waals surface area contributed by atoms with Gasteiger partial charge in [0, 0.05) is 12.6 Å². The average Bonchev–Trinajstić information content (AvgIpc) is 2.78. The largest absolute Gasteiger partial charge is 0.468 e. The molecule has 2 rings (SSSR count). The number of likely N-dealkylation sites (N-methyl/N-ethyl adjacent to an activating group) is 1. The summed E-state index contributed by atoms with van der Waals surface area (Å²) < 4.78 is 5.02. The van der Waals surface area contributed by atoms with Crippen LogP contribution in [0.3, 0.4) is 0 Å². The van der Waals surface area contributed by atoms with E-state index in [9.17, 15) is 4.79 Å². The Kier molecular flexibility index (Phi) is 4.21. The van der Waals surface area contributed by atoms with Crippen LogP contribution < -0.4 is 5.32 Å². The molecular formula is C15H28N2O2. The predicted molar refractivity (Wildman–Crippen MR) is 76.0 cm³/mol. The van der Waals surface area contributed by atoms with E-state index in [0.29, 0.717) is 11.5 Å². The molecule has 0 amide bonds. The summed E-state index contributed by atoms with van der Waals surface area (Å²) >= 11 is 0. The lowest BCUT2D eigenvalue weighted by molar-refractivity contribution is -0.151. The van der Waals surface area contributed by atoms with Gasteiger partial charge in [-0.1, -0.05) is 13.8 Å². The average molecular weight is 268 g/mol. The van der Waals surface area contributed by atoms with E-state index in [1.165, 1.54) is 26.5 Å². The van der Waals surface area contributed by atoms with Gasteiger partial charge in [0.05, 0.1) is 7.11 Å². The molecule has 0 aromatic carbocycles. The first-order chi connectivity index (χ1) is 8.92. The number of carbonyl (C=O) groups excluding carboxylic acids is 1. The molecule has 0 bridgehead atoms. The Morgan fingerprint density at radius 3 is 2.63 bits per heavy atom. The number of rotatable bonds is 3. The first-order valence-electron chi connectivity index (χ1n) is 7.44. The van der Waals surface area contributed by atoms with Crippen LogP contribution >= 0.6 is 0 Å². The maximum Gasteiger partial charge on any atom is 0.326 e. The van der Waals surface area contributed by atoms with Crippen LogP contribution in [0.25, 0.3) is 0 Å². The van der Waals surface area contributed by atoms with Crippen LogP contribution in [0.5, 0.6) is 0 Å². The molecule has 0 spiro atoms. The number of nitrogens with zero attached hydrogens (tertiary/aromatic N) is 1. The lowest BCUT2D eigenvalue weighted by Gasteiger charge is -2.42. The summed E-state index contributed by atoms with van der Waals surface area (Å²) in [6, 6.07) is 0.516. The third kappa shape index (κ3) is 2.95. The van der Waals surface area contributed by atoms with Crippen molar-refractivity contribution in [3.8, 4) is 0 Å². The molecule has 19 heavy (non-hydrogen) atoms. The zero-order valence-corrected chi connectivity index (χ0v) is 12.8. The van der Waals surface area contributed by atoms with Gasteiger partial charge < -0.3 is 10.1 Å². The van der Waals surface area contributed by atoms with E-state index in [1.807, 2.05) is 7.05 Å². The zero-order chi connectivity index (χ0) is 14.1. The van der Waals surface area contributed by atoms with Gasteiger partial charge in [0.2, 0.25) is 0 Å². The Labute approximate surface area is 116 Å². The number of methoxy groups -OCH3 is 1. The molecule has 1 heterocycles. The molecule has 1 saturated carbocycles. The Morgan fingerprint density at radius 1 is 1.37 bits per heavy atom. The molecule has 2 fully saturated rings. The topological polar surface area (TPSA) is 41.6 Å². The minimum atomic E-state index is -0.468. The smallest absolute Gasteiger partial charge is 0.326 e. The quantitative estimate of drug-likeness (QED) is 0.792. The van der Waals surface area contributed by atoms with Crippen molar-refractivity contribution < 1.29 is 9.53 Å². The van der Waals surface area contributed by atoms with Crippen LogP contribution in [0.1, 0.15) is 46.0 Å². The molecule has 0 aromatic rings. The molecule has 4 nitrogen and oxygen atoms in total. The summed E-state index contributed by atoms with van der Waals surface area (Å²) in [5.41, 5.74) is -0.0462. The van der Waals surface area contributed by atoms with E-state index < -0.39 is 5.54 Å². The van der Waals surface area contributed by atoms with Crippen LogP contribution in [0.2, 0.25) is 0 Å². The summed E-state index contributed by atoms with van der Waals surface area (Å²) in [4.78, 5) is 14.7. The summed E-state index contributed by atoms with van der Waals surface area (Å²) in [6.07, 6.45) is 5.33. The summed E-state index contributed by atoms with van der Waals surface area (Å²) in [7, 11) is 3.37. The standard InChI is InChI=1S/C15H28N2O2/c1-14(2)8-9-17(11-14)12-6-5-7-15(10-12,16-3)13(18)19-4/h12,16H,5-11H2,1-4H3. The Balaban J connectivity index is 2.06. The number of esters is 1. The molecule has 1 saturated heterocycles. The van der Waals surface area contributed by atoms with Crippen molar-refractivity contribution >= 4 is 5.97 Å². The van der Waals surface area contributed by atoms with Crippen molar-refractivity contribution in [1.82, 2.24) is 10.2 Å². The van der Waals surface area contributed by atoms with E-state index >= 15 is 0 Å². The molecule has 0 aromatic heterocycles. The summed E-state index contributed by atoms with van der Waals surface area (Å²) in [6.45, 7) is 6.99. The van der Waals surface area contributed by atoms with E-state index in [0.717, 1.165) is 25.8 Å². The Hall–Kier alpha value is -0.610. The number of ether oxygens (including phenoxy) is 1. The third-order valence-corrected chi connectivity index (χ3v) is 5.00. The molecule has 1 aliphatic heterocycles. The number of hydrogen-bond acceptors (Lipinski definition) is 4.